The van der Waals surface area contributed by atoms with Gasteiger partial charge in [0.05, 0.1) is 0 Å². The van der Waals surface area contributed by atoms with E-state index >= 15 is 0 Å². The van der Waals surface area contributed by atoms with E-state index < -0.39 is 6.10 Å². The molecule has 0 saturated heterocycles. The summed E-state index contributed by atoms with van der Waals surface area (Å²) < 4.78 is 16.9. The average Bonchev–Trinajstić information content (AvgIpc) is 3.31. The normalized spacial score (nSPS) is 12.3. The Morgan fingerprint density at radius 2 is 0.545 bits per heavy atom. The Labute approximate surface area is 409 Å². The second-order valence-corrected chi connectivity index (χ2v) is 19.2. The third-order valence-electron chi connectivity index (χ3n) is 12.6. The molecule has 66 heavy (non-hydrogen) atoms. The fourth-order valence-electron chi connectivity index (χ4n) is 8.19. The first-order valence-electron chi connectivity index (χ1n) is 28.7. The molecule has 0 fully saturated rings. The van der Waals surface area contributed by atoms with Gasteiger partial charge in [0.1, 0.15) is 13.2 Å². The molecule has 0 spiro atoms. The Morgan fingerprint density at radius 3 is 0.879 bits per heavy atom. The third kappa shape index (κ3) is 52.3. The molecule has 0 amide bonds. The van der Waals surface area contributed by atoms with Gasteiger partial charge in [0, 0.05) is 19.3 Å². The van der Waals surface area contributed by atoms with Gasteiger partial charge in [-0.3, -0.25) is 14.4 Å². The fourth-order valence-corrected chi connectivity index (χ4v) is 8.19. The fraction of sp³-hybridized carbons (Fsp3) is 0.817. The van der Waals surface area contributed by atoms with Crippen LogP contribution >= 0.6 is 0 Å². The number of esters is 3. The molecule has 0 aliphatic carbocycles. The van der Waals surface area contributed by atoms with E-state index in [0.717, 1.165) is 77.0 Å². The smallest absolute Gasteiger partial charge is 0.306 e. The zero-order valence-corrected chi connectivity index (χ0v) is 44.0. The first-order valence-corrected chi connectivity index (χ1v) is 28.7. The van der Waals surface area contributed by atoms with Crippen LogP contribution in [0.1, 0.15) is 297 Å². The molecule has 1 unspecified atom stereocenters. The maximum Gasteiger partial charge on any atom is 0.306 e. The van der Waals surface area contributed by atoms with Crippen molar-refractivity contribution in [3.63, 3.8) is 0 Å². The van der Waals surface area contributed by atoms with Crippen molar-refractivity contribution in [2.24, 2.45) is 0 Å². The minimum Gasteiger partial charge on any atom is -0.462 e. The first-order chi connectivity index (χ1) is 32.5. The highest BCUT2D eigenvalue weighted by molar-refractivity contribution is 5.71. The standard InChI is InChI=1S/C60H108O6/c1-4-7-10-13-16-19-22-25-28-30-33-35-38-41-44-47-50-53-59(62)65-56-57(55-64-58(61)52-49-46-43-40-37-34-31-27-24-21-18-15-12-9-6-3)66-60(63)54-51-48-45-42-39-36-32-29-26-23-20-17-14-11-8-5-2/h18,21,24-25,27-29,32,57H,4-17,19-20,22-23,26,30-31,33-56H2,1-3H3/b21-18-,27-24-,28-25-,32-29-. The molecule has 6 nitrogen and oxygen atoms in total. The minimum absolute atomic E-state index is 0.0812. The summed E-state index contributed by atoms with van der Waals surface area (Å²) in [6.07, 6.45) is 66.6. The molecule has 0 radical (unpaired) electrons. The molecule has 0 aromatic heterocycles. The van der Waals surface area contributed by atoms with Gasteiger partial charge >= 0.3 is 17.9 Å². The number of unbranched alkanes of at least 4 members (excludes halogenated alkanes) is 34. The van der Waals surface area contributed by atoms with E-state index in [1.165, 1.54) is 180 Å². The van der Waals surface area contributed by atoms with Gasteiger partial charge < -0.3 is 14.2 Å². The Morgan fingerprint density at radius 1 is 0.303 bits per heavy atom. The van der Waals surface area contributed by atoms with Gasteiger partial charge in [-0.05, 0) is 96.3 Å². The van der Waals surface area contributed by atoms with Crippen LogP contribution in [0.5, 0.6) is 0 Å². The van der Waals surface area contributed by atoms with E-state index in [4.69, 9.17) is 14.2 Å². The van der Waals surface area contributed by atoms with E-state index in [1.54, 1.807) is 0 Å². The molecular formula is C60H108O6. The molecule has 1 atom stereocenters. The second-order valence-electron chi connectivity index (χ2n) is 19.2. The topological polar surface area (TPSA) is 78.9 Å². The molecular weight excluding hydrogens is 817 g/mol. The number of hydrogen-bond donors (Lipinski definition) is 0. The van der Waals surface area contributed by atoms with Gasteiger partial charge in [-0.2, -0.15) is 0 Å². The van der Waals surface area contributed by atoms with Crippen molar-refractivity contribution < 1.29 is 28.6 Å². The van der Waals surface area contributed by atoms with Crippen LogP contribution in [0.2, 0.25) is 0 Å². The number of allylic oxidation sites excluding steroid dienone is 8. The van der Waals surface area contributed by atoms with Crippen LogP contribution in [0.25, 0.3) is 0 Å². The lowest BCUT2D eigenvalue weighted by Gasteiger charge is -2.18. The third-order valence-corrected chi connectivity index (χ3v) is 12.6. The summed E-state index contributed by atoms with van der Waals surface area (Å²) in [5.41, 5.74) is 0. The van der Waals surface area contributed by atoms with E-state index in [1.807, 2.05) is 0 Å². The molecule has 0 aromatic rings. The number of carbonyl (C=O) groups excluding carboxylic acids is 3. The lowest BCUT2D eigenvalue weighted by molar-refractivity contribution is -0.167. The maximum absolute atomic E-state index is 12.8. The van der Waals surface area contributed by atoms with Crippen molar-refractivity contribution in [1.29, 1.82) is 0 Å². The van der Waals surface area contributed by atoms with Crippen molar-refractivity contribution in [2.75, 3.05) is 13.2 Å². The first kappa shape index (κ1) is 63.4. The van der Waals surface area contributed by atoms with E-state index in [-0.39, 0.29) is 31.1 Å². The summed E-state index contributed by atoms with van der Waals surface area (Å²) in [7, 11) is 0. The quantitative estimate of drug-likeness (QED) is 0.0199. The SMILES string of the molecule is CCCCC/C=C\C=C/CCCCCCCCC(=O)OCC(COC(=O)CCCCCCCCC/C=C\CCCCCCCC)OC(=O)CCCCCCC/C=C\CCCCCCCCC. The van der Waals surface area contributed by atoms with Gasteiger partial charge in [0.15, 0.2) is 6.10 Å². The summed E-state index contributed by atoms with van der Waals surface area (Å²) in [6, 6.07) is 0. The van der Waals surface area contributed by atoms with Crippen LogP contribution in [0.4, 0.5) is 0 Å². The minimum atomic E-state index is -0.783. The summed E-state index contributed by atoms with van der Waals surface area (Å²) >= 11 is 0. The van der Waals surface area contributed by atoms with E-state index in [0.29, 0.717) is 19.3 Å². The van der Waals surface area contributed by atoms with Gasteiger partial charge in [0.2, 0.25) is 0 Å². The average molecular weight is 926 g/mol. The van der Waals surface area contributed by atoms with Crippen molar-refractivity contribution in [2.45, 2.75) is 303 Å². The van der Waals surface area contributed by atoms with Gasteiger partial charge in [0.25, 0.3) is 0 Å². The van der Waals surface area contributed by atoms with Crippen molar-refractivity contribution in [3.05, 3.63) is 48.6 Å². The van der Waals surface area contributed by atoms with Crippen LogP contribution < -0.4 is 0 Å². The lowest BCUT2D eigenvalue weighted by atomic mass is 10.1. The summed E-state index contributed by atoms with van der Waals surface area (Å²) in [4.78, 5) is 38.1. The van der Waals surface area contributed by atoms with Crippen LogP contribution in [-0.4, -0.2) is 37.2 Å². The maximum atomic E-state index is 12.8. The van der Waals surface area contributed by atoms with Gasteiger partial charge in [-0.1, -0.05) is 230 Å². The number of rotatable bonds is 52. The molecule has 0 bridgehead atoms. The summed E-state index contributed by atoms with van der Waals surface area (Å²) in [6.45, 7) is 6.61. The van der Waals surface area contributed by atoms with Gasteiger partial charge in [-0.25, -0.2) is 0 Å². The van der Waals surface area contributed by atoms with Crippen molar-refractivity contribution in [1.82, 2.24) is 0 Å². The largest absolute Gasteiger partial charge is 0.462 e. The van der Waals surface area contributed by atoms with Crippen molar-refractivity contribution in [3.8, 4) is 0 Å². The van der Waals surface area contributed by atoms with Crippen LogP contribution in [0.3, 0.4) is 0 Å². The Hall–Kier alpha value is -2.63. The predicted molar refractivity (Wildman–Crippen MR) is 284 cm³/mol. The second kappa shape index (κ2) is 55.0. The molecule has 384 valence electrons. The highest BCUT2D eigenvalue weighted by Crippen LogP contribution is 2.15. The molecule has 6 heteroatoms. The molecule has 0 aliphatic heterocycles. The monoisotopic (exact) mass is 925 g/mol. The summed E-state index contributed by atoms with van der Waals surface area (Å²) in [5, 5.41) is 0. The Bertz CT molecular complexity index is 1150. The van der Waals surface area contributed by atoms with Crippen molar-refractivity contribution >= 4 is 17.9 Å². The number of carbonyl (C=O) groups is 3. The van der Waals surface area contributed by atoms with E-state index in [9.17, 15) is 14.4 Å². The molecule has 0 aliphatic rings. The highest BCUT2D eigenvalue weighted by atomic mass is 16.6. The van der Waals surface area contributed by atoms with Crippen LogP contribution in [0.15, 0.2) is 48.6 Å². The van der Waals surface area contributed by atoms with Crippen LogP contribution in [0, 0.1) is 0 Å². The molecule has 0 heterocycles. The zero-order chi connectivity index (χ0) is 47.9. The highest BCUT2D eigenvalue weighted by Gasteiger charge is 2.19. The van der Waals surface area contributed by atoms with E-state index in [2.05, 4.69) is 69.4 Å². The number of hydrogen-bond acceptors (Lipinski definition) is 6. The van der Waals surface area contributed by atoms with Gasteiger partial charge in [-0.15, -0.1) is 0 Å². The summed E-state index contributed by atoms with van der Waals surface area (Å²) in [5.74, 6) is -0.893. The Kier molecular flexibility index (Phi) is 52.8. The van der Waals surface area contributed by atoms with Crippen LogP contribution in [-0.2, 0) is 28.6 Å². The molecule has 0 rings (SSSR count). The predicted octanol–water partition coefficient (Wildman–Crippen LogP) is 19.0. The number of ether oxygens (including phenoxy) is 3. The molecule has 0 aromatic carbocycles. The molecule has 0 saturated carbocycles. The Balaban J connectivity index is 4.39. The molecule has 0 N–H and O–H groups in total. The zero-order valence-electron chi connectivity index (χ0n) is 44.0. The lowest BCUT2D eigenvalue weighted by Crippen LogP contribution is -2.30.